The van der Waals surface area contributed by atoms with Crippen molar-refractivity contribution in [2.24, 2.45) is 17.9 Å². The van der Waals surface area contributed by atoms with Crippen molar-refractivity contribution in [3.8, 4) is 0 Å². The molecule has 0 radical (unpaired) electrons. The second-order valence-electron chi connectivity index (χ2n) is 6.20. The lowest BCUT2D eigenvalue weighted by molar-refractivity contribution is -0.190. The molecule has 2 fully saturated rings. The molecule has 2 atom stereocenters. The highest BCUT2D eigenvalue weighted by atomic mass is 32.2. The summed E-state index contributed by atoms with van der Waals surface area (Å²) < 4.78 is 67.8. The summed E-state index contributed by atoms with van der Waals surface area (Å²) in [5, 5.41) is 2.55. The van der Waals surface area contributed by atoms with Crippen LogP contribution in [0.1, 0.15) is 12.2 Å². The van der Waals surface area contributed by atoms with Crippen LogP contribution in [-0.2, 0) is 17.1 Å². The van der Waals surface area contributed by atoms with E-state index >= 15 is 0 Å². The maximum absolute atomic E-state index is 13.2. The fourth-order valence-corrected chi connectivity index (χ4v) is 4.45. The zero-order chi connectivity index (χ0) is 16.4. The first-order valence-electron chi connectivity index (χ1n) is 6.80. The maximum atomic E-state index is 13.2. The standard InChI is InChI=1S/C12H17F3N4O2S/c1-8-18-9(3-19(8)2)22(20,21)17-6-10-4-11(10,7-16-5-10)12(13,14)15/h3,16-17H,4-7H2,1-2H3/t10-,11-/m1/s1. The molecule has 1 aromatic heterocycles. The van der Waals surface area contributed by atoms with Gasteiger partial charge in [-0.1, -0.05) is 0 Å². The third-order valence-electron chi connectivity index (χ3n) is 4.93. The Morgan fingerprint density at radius 3 is 2.64 bits per heavy atom. The number of aryl methyl sites for hydroxylation is 2. The van der Waals surface area contributed by atoms with Crippen molar-refractivity contribution in [1.82, 2.24) is 19.6 Å². The molecule has 1 aliphatic carbocycles. The lowest BCUT2D eigenvalue weighted by Gasteiger charge is -2.20. The van der Waals surface area contributed by atoms with Gasteiger partial charge < -0.3 is 9.88 Å². The van der Waals surface area contributed by atoms with Crippen LogP contribution < -0.4 is 10.0 Å². The molecule has 1 aliphatic heterocycles. The van der Waals surface area contributed by atoms with E-state index in [1.165, 1.54) is 6.20 Å². The van der Waals surface area contributed by atoms with Gasteiger partial charge in [0.2, 0.25) is 0 Å². The fraction of sp³-hybridized carbons (Fsp3) is 0.750. The molecule has 10 heteroatoms. The number of rotatable bonds is 4. The number of nitrogens with one attached hydrogen (secondary N) is 2. The van der Waals surface area contributed by atoms with E-state index in [9.17, 15) is 21.6 Å². The quantitative estimate of drug-likeness (QED) is 0.841. The summed E-state index contributed by atoms with van der Waals surface area (Å²) in [6, 6.07) is 0. The van der Waals surface area contributed by atoms with Crippen LogP contribution in [0.2, 0.25) is 0 Å². The van der Waals surface area contributed by atoms with E-state index in [0.717, 1.165) is 0 Å². The molecule has 2 N–H and O–H groups in total. The van der Waals surface area contributed by atoms with Crippen molar-refractivity contribution in [1.29, 1.82) is 0 Å². The van der Waals surface area contributed by atoms with Crippen molar-refractivity contribution in [2.45, 2.75) is 24.5 Å². The summed E-state index contributed by atoms with van der Waals surface area (Å²) >= 11 is 0. The van der Waals surface area contributed by atoms with E-state index in [2.05, 4.69) is 15.0 Å². The average Bonchev–Trinajstić information content (AvgIpc) is 2.70. The van der Waals surface area contributed by atoms with Gasteiger partial charge in [0.1, 0.15) is 5.82 Å². The molecular formula is C12H17F3N4O2S. The van der Waals surface area contributed by atoms with Crippen molar-refractivity contribution in [3.63, 3.8) is 0 Å². The minimum atomic E-state index is -4.33. The smallest absolute Gasteiger partial charge is 0.337 e. The van der Waals surface area contributed by atoms with Crippen LogP contribution in [0.4, 0.5) is 13.2 Å². The second kappa shape index (κ2) is 4.45. The van der Waals surface area contributed by atoms with E-state index in [1.807, 2.05) is 0 Å². The Morgan fingerprint density at radius 2 is 2.14 bits per heavy atom. The first-order chi connectivity index (χ1) is 10.0. The third-order valence-corrected chi connectivity index (χ3v) is 6.20. The number of nitrogens with zero attached hydrogens (tertiary/aromatic N) is 2. The van der Waals surface area contributed by atoms with E-state index in [4.69, 9.17) is 0 Å². The normalized spacial score (nSPS) is 31.3. The Kier molecular flexibility index (Phi) is 3.19. The zero-order valence-electron chi connectivity index (χ0n) is 12.2. The lowest BCUT2D eigenvalue weighted by atomic mass is 9.96. The molecule has 0 unspecified atom stereocenters. The van der Waals surface area contributed by atoms with Gasteiger partial charge in [-0.15, -0.1) is 0 Å². The predicted octanol–water partition coefficient (Wildman–Crippen LogP) is 0.549. The first kappa shape index (κ1) is 15.8. The van der Waals surface area contributed by atoms with Gasteiger partial charge in [0.15, 0.2) is 5.03 Å². The summed E-state index contributed by atoms with van der Waals surface area (Å²) in [6.07, 6.45) is -3.03. The number of piperidine rings is 1. The second-order valence-corrected chi connectivity index (χ2v) is 7.92. The number of alkyl halides is 3. The lowest BCUT2D eigenvalue weighted by Crippen LogP contribution is -2.37. The van der Waals surface area contributed by atoms with Crippen molar-refractivity contribution in [2.75, 3.05) is 19.6 Å². The van der Waals surface area contributed by atoms with Crippen LogP contribution in [0.5, 0.6) is 0 Å². The van der Waals surface area contributed by atoms with Crippen molar-refractivity contribution in [3.05, 3.63) is 12.0 Å². The van der Waals surface area contributed by atoms with Crippen LogP contribution in [0.25, 0.3) is 0 Å². The Bertz CT molecular complexity index is 695. The molecule has 2 heterocycles. The van der Waals surface area contributed by atoms with Gasteiger partial charge in [-0.05, 0) is 13.3 Å². The number of hydrogen-bond acceptors (Lipinski definition) is 4. The highest BCUT2D eigenvalue weighted by molar-refractivity contribution is 7.89. The molecule has 1 saturated heterocycles. The predicted molar refractivity (Wildman–Crippen MR) is 71.5 cm³/mol. The van der Waals surface area contributed by atoms with Gasteiger partial charge in [-0.3, -0.25) is 0 Å². The number of imidazole rings is 1. The third kappa shape index (κ3) is 2.08. The molecule has 0 spiro atoms. The van der Waals surface area contributed by atoms with E-state index in [-0.39, 0.29) is 31.1 Å². The van der Waals surface area contributed by atoms with Crippen molar-refractivity contribution < 1.29 is 21.6 Å². The van der Waals surface area contributed by atoms with Crippen LogP contribution in [0.15, 0.2) is 11.2 Å². The summed E-state index contributed by atoms with van der Waals surface area (Å²) in [6.45, 7) is 1.42. The Morgan fingerprint density at radius 1 is 1.45 bits per heavy atom. The van der Waals surface area contributed by atoms with Gasteiger partial charge in [0.25, 0.3) is 10.0 Å². The summed E-state index contributed by atoms with van der Waals surface area (Å²) in [5.41, 5.74) is -2.88. The van der Waals surface area contributed by atoms with Gasteiger partial charge in [-0.25, -0.2) is 18.1 Å². The number of hydrogen-bond donors (Lipinski definition) is 2. The van der Waals surface area contributed by atoms with Gasteiger partial charge in [0, 0.05) is 38.3 Å². The van der Waals surface area contributed by atoms with E-state index in [1.54, 1.807) is 18.5 Å². The molecule has 1 saturated carbocycles. The Hall–Kier alpha value is -1.13. The minimum Gasteiger partial charge on any atom is -0.337 e. The summed E-state index contributed by atoms with van der Waals surface area (Å²) in [4.78, 5) is 3.90. The Balaban J connectivity index is 1.76. The van der Waals surface area contributed by atoms with E-state index in [0.29, 0.717) is 5.82 Å². The van der Waals surface area contributed by atoms with Crippen LogP contribution in [-0.4, -0.2) is 43.8 Å². The molecule has 3 rings (SSSR count). The molecule has 1 aromatic rings. The maximum Gasteiger partial charge on any atom is 0.396 e. The first-order valence-corrected chi connectivity index (χ1v) is 8.29. The van der Waals surface area contributed by atoms with Crippen molar-refractivity contribution >= 4 is 10.0 Å². The van der Waals surface area contributed by atoms with Crippen LogP contribution in [0.3, 0.4) is 0 Å². The molecule has 2 aliphatic rings. The number of aromatic nitrogens is 2. The Labute approximate surface area is 126 Å². The van der Waals surface area contributed by atoms with E-state index < -0.39 is 27.0 Å². The molecule has 0 amide bonds. The highest BCUT2D eigenvalue weighted by Crippen LogP contribution is 2.72. The average molecular weight is 338 g/mol. The fourth-order valence-electron chi connectivity index (χ4n) is 3.29. The molecule has 124 valence electrons. The highest BCUT2D eigenvalue weighted by Gasteiger charge is 2.81. The number of fused-ring (bicyclic) bond motifs is 1. The number of halogens is 3. The molecule has 6 nitrogen and oxygen atoms in total. The SMILES string of the molecule is Cc1nc(S(=O)(=O)NC[C@@]23CNC[C@]2(C(F)(F)F)C3)cn1C. The van der Waals surface area contributed by atoms with Gasteiger partial charge in [0.05, 0.1) is 5.41 Å². The topological polar surface area (TPSA) is 76.0 Å². The van der Waals surface area contributed by atoms with Crippen LogP contribution >= 0.6 is 0 Å². The molecule has 0 aromatic carbocycles. The molecular weight excluding hydrogens is 321 g/mol. The van der Waals surface area contributed by atoms with Gasteiger partial charge >= 0.3 is 6.18 Å². The van der Waals surface area contributed by atoms with Gasteiger partial charge in [-0.2, -0.15) is 13.2 Å². The number of sulfonamides is 1. The zero-order valence-corrected chi connectivity index (χ0v) is 13.0. The summed E-state index contributed by atoms with van der Waals surface area (Å²) in [7, 11) is -2.26. The largest absolute Gasteiger partial charge is 0.396 e. The van der Waals surface area contributed by atoms with Crippen LogP contribution in [0, 0.1) is 17.8 Å². The summed E-state index contributed by atoms with van der Waals surface area (Å²) in [5.74, 6) is 0.511. The monoisotopic (exact) mass is 338 g/mol. The molecule has 0 bridgehead atoms. The molecule has 22 heavy (non-hydrogen) atoms. The minimum absolute atomic E-state index is 0.0414.